The first kappa shape index (κ1) is 18.8. The summed E-state index contributed by atoms with van der Waals surface area (Å²) in [4.78, 5) is 22.6. The van der Waals surface area contributed by atoms with Gasteiger partial charge in [0.2, 0.25) is 5.89 Å². The van der Waals surface area contributed by atoms with Crippen LogP contribution in [0.15, 0.2) is 27.8 Å². The van der Waals surface area contributed by atoms with Gasteiger partial charge in [0, 0.05) is 0 Å². The first-order chi connectivity index (χ1) is 11.8. The fourth-order valence-electron chi connectivity index (χ4n) is 1.88. The Morgan fingerprint density at radius 3 is 2.84 bits per heavy atom. The van der Waals surface area contributed by atoms with Crippen LogP contribution < -0.4 is 10.1 Å². The van der Waals surface area contributed by atoms with E-state index in [0.29, 0.717) is 5.75 Å². The Hall–Kier alpha value is -2.55. The van der Waals surface area contributed by atoms with Gasteiger partial charge in [0.05, 0.1) is 6.54 Å². The van der Waals surface area contributed by atoms with Crippen LogP contribution >= 0.6 is 11.8 Å². The fraction of sp³-hybridized carbons (Fsp3) is 0.375. The molecule has 1 amide bonds. The molecule has 0 aliphatic heterocycles. The minimum absolute atomic E-state index is 0.0416. The minimum atomic E-state index is -0.976. The molecule has 0 aliphatic rings. The maximum Gasteiger partial charge on any atom is 0.314 e. The van der Waals surface area contributed by atoms with Crippen molar-refractivity contribution < 1.29 is 23.8 Å². The number of aliphatic carboxylic acids is 1. The van der Waals surface area contributed by atoms with Crippen molar-refractivity contribution in [3.63, 3.8) is 0 Å². The lowest BCUT2D eigenvalue weighted by Crippen LogP contribution is -2.36. The molecule has 25 heavy (non-hydrogen) atoms. The van der Waals surface area contributed by atoms with Crippen molar-refractivity contribution in [2.45, 2.75) is 38.6 Å². The fourth-order valence-corrected chi connectivity index (χ4v) is 2.38. The molecule has 0 aliphatic carbocycles. The molecule has 9 heteroatoms. The quantitative estimate of drug-likeness (QED) is 0.682. The van der Waals surface area contributed by atoms with Crippen LogP contribution in [0.5, 0.6) is 5.75 Å². The second-order valence-corrected chi connectivity index (χ2v) is 6.32. The number of amides is 1. The Balaban J connectivity index is 1.85. The molecular formula is C16H19N3O5S. The number of thioether (sulfide) groups is 1. The highest BCUT2D eigenvalue weighted by molar-refractivity contribution is 7.99. The zero-order chi connectivity index (χ0) is 18.4. The molecule has 2 rings (SSSR count). The van der Waals surface area contributed by atoms with E-state index in [0.717, 1.165) is 22.9 Å². The maximum absolute atomic E-state index is 12.1. The topological polar surface area (TPSA) is 115 Å². The van der Waals surface area contributed by atoms with E-state index in [1.54, 1.807) is 6.92 Å². The van der Waals surface area contributed by atoms with Crippen molar-refractivity contribution in [2.75, 3.05) is 5.75 Å². The van der Waals surface area contributed by atoms with Gasteiger partial charge in [-0.1, -0.05) is 23.9 Å². The van der Waals surface area contributed by atoms with Gasteiger partial charge in [-0.05, 0) is 38.0 Å². The summed E-state index contributed by atoms with van der Waals surface area (Å²) >= 11 is 0.917. The van der Waals surface area contributed by atoms with Crippen LogP contribution in [0.4, 0.5) is 0 Å². The van der Waals surface area contributed by atoms with Gasteiger partial charge in [0.1, 0.15) is 11.5 Å². The summed E-state index contributed by atoms with van der Waals surface area (Å²) < 4.78 is 10.9. The van der Waals surface area contributed by atoms with Crippen LogP contribution in [-0.2, 0) is 16.1 Å². The summed E-state index contributed by atoms with van der Waals surface area (Å²) in [6.07, 6.45) is -0.690. The van der Waals surface area contributed by atoms with E-state index in [2.05, 4.69) is 15.5 Å². The third-order valence-electron chi connectivity index (χ3n) is 3.20. The number of rotatable bonds is 8. The second kappa shape index (κ2) is 8.52. The van der Waals surface area contributed by atoms with E-state index in [-0.39, 0.29) is 29.3 Å². The lowest BCUT2D eigenvalue weighted by molar-refractivity contribution is -0.134. The number of carbonyl (C=O) groups is 2. The van der Waals surface area contributed by atoms with Gasteiger partial charge in [-0.25, -0.2) is 0 Å². The minimum Gasteiger partial charge on any atom is -0.481 e. The van der Waals surface area contributed by atoms with Gasteiger partial charge in [-0.2, -0.15) is 0 Å². The Labute approximate surface area is 149 Å². The highest BCUT2D eigenvalue weighted by Gasteiger charge is 2.17. The molecule has 0 saturated carbocycles. The molecule has 8 nitrogen and oxygen atoms in total. The van der Waals surface area contributed by atoms with Crippen molar-refractivity contribution in [3.05, 3.63) is 35.2 Å². The summed E-state index contributed by atoms with van der Waals surface area (Å²) in [5.74, 6) is -0.614. The van der Waals surface area contributed by atoms with Crippen molar-refractivity contribution in [1.82, 2.24) is 15.5 Å². The third kappa shape index (κ3) is 5.79. The molecule has 1 atom stereocenters. The van der Waals surface area contributed by atoms with Crippen molar-refractivity contribution >= 4 is 23.6 Å². The van der Waals surface area contributed by atoms with E-state index in [9.17, 15) is 9.59 Å². The number of benzene rings is 1. The Kier molecular flexibility index (Phi) is 6.40. The van der Waals surface area contributed by atoms with Gasteiger partial charge in [-0.15, -0.1) is 10.2 Å². The normalized spacial score (nSPS) is 11.8. The van der Waals surface area contributed by atoms with E-state index in [1.165, 1.54) is 0 Å². The van der Waals surface area contributed by atoms with Gasteiger partial charge in [0.25, 0.3) is 11.1 Å². The number of nitrogens with one attached hydrogen (secondary N) is 1. The molecule has 1 aromatic heterocycles. The van der Waals surface area contributed by atoms with E-state index in [4.69, 9.17) is 14.3 Å². The molecule has 2 N–H and O–H groups in total. The van der Waals surface area contributed by atoms with Gasteiger partial charge in [-0.3, -0.25) is 9.59 Å². The monoisotopic (exact) mass is 365 g/mol. The lowest BCUT2D eigenvalue weighted by atomic mass is 10.1. The number of aromatic nitrogens is 2. The predicted molar refractivity (Wildman–Crippen MR) is 90.5 cm³/mol. The number of ether oxygens (including phenoxy) is 1. The molecule has 134 valence electrons. The van der Waals surface area contributed by atoms with Crippen LogP contribution in [-0.4, -0.2) is 39.0 Å². The lowest BCUT2D eigenvalue weighted by Gasteiger charge is -2.16. The van der Waals surface area contributed by atoms with Gasteiger partial charge >= 0.3 is 5.97 Å². The number of carboxylic acids is 1. The molecule has 1 aromatic carbocycles. The average molecular weight is 365 g/mol. The molecule has 1 heterocycles. The molecule has 0 spiro atoms. The number of hydrogen-bond donors (Lipinski definition) is 2. The summed E-state index contributed by atoms with van der Waals surface area (Å²) in [6.45, 7) is 5.56. The average Bonchev–Trinajstić information content (AvgIpc) is 3.02. The molecule has 0 radical (unpaired) electrons. The number of carboxylic acid groups (broad SMARTS) is 1. The summed E-state index contributed by atoms with van der Waals surface area (Å²) in [6, 6.07) is 5.79. The molecule has 0 saturated heterocycles. The van der Waals surface area contributed by atoms with Crippen molar-refractivity contribution in [3.8, 4) is 5.75 Å². The standard InChI is InChI=1S/C16H19N3O5S/c1-9-4-5-10(2)12(6-9)23-11(3)15(22)17-7-13-18-19-16(24-13)25-8-14(20)21/h4-6,11H,7-8H2,1-3H3,(H,17,22)(H,20,21)/t11-/m0/s1. The molecule has 0 unspecified atom stereocenters. The van der Waals surface area contributed by atoms with Gasteiger partial charge < -0.3 is 19.6 Å². The van der Waals surface area contributed by atoms with Crippen LogP contribution in [0.3, 0.4) is 0 Å². The predicted octanol–water partition coefficient (Wildman–Crippen LogP) is 1.95. The Morgan fingerprint density at radius 2 is 2.12 bits per heavy atom. The molecule has 2 aromatic rings. The largest absolute Gasteiger partial charge is 0.481 e. The summed E-state index contributed by atoms with van der Waals surface area (Å²) in [5, 5.41) is 18.8. The Bertz CT molecular complexity index is 762. The first-order valence-electron chi connectivity index (χ1n) is 7.53. The van der Waals surface area contributed by atoms with E-state index >= 15 is 0 Å². The second-order valence-electron chi connectivity index (χ2n) is 5.39. The van der Waals surface area contributed by atoms with Crippen LogP contribution in [0.2, 0.25) is 0 Å². The number of nitrogens with zero attached hydrogens (tertiary/aromatic N) is 2. The highest BCUT2D eigenvalue weighted by Crippen LogP contribution is 2.20. The number of aryl methyl sites for hydroxylation is 2. The zero-order valence-electron chi connectivity index (χ0n) is 14.1. The van der Waals surface area contributed by atoms with Gasteiger partial charge in [0.15, 0.2) is 6.10 Å². The van der Waals surface area contributed by atoms with Crippen molar-refractivity contribution in [2.24, 2.45) is 0 Å². The van der Waals surface area contributed by atoms with Crippen molar-refractivity contribution in [1.29, 1.82) is 0 Å². The smallest absolute Gasteiger partial charge is 0.314 e. The first-order valence-corrected chi connectivity index (χ1v) is 8.52. The highest BCUT2D eigenvalue weighted by atomic mass is 32.2. The van der Waals surface area contributed by atoms with E-state index in [1.807, 2.05) is 32.0 Å². The SMILES string of the molecule is Cc1ccc(C)c(O[C@@H](C)C(=O)NCc2nnc(SCC(=O)O)o2)c1. The van der Waals surface area contributed by atoms with E-state index < -0.39 is 12.1 Å². The molecular weight excluding hydrogens is 346 g/mol. The van der Waals surface area contributed by atoms with Crippen LogP contribution in [0.25, 0.3) is 0 Å². The third-order valence-corrected chi connectivity index (χ3v) is 4.00. The van der Waals surface area contributed by atoms with Crippen LogP contribution in [0, 0.1) is 13.8 Å². The Morgan fingerprint density at radius 1 is 1.36 bits per heavy atom. The summed E-state index contributed by atoms with van der Waals surface area (Å²) in [5.41, 5.74) is 1.99. The molecule has 0 bridgehead atoms. The maximum atomic E-state index is 12.1. The molecule has 0 fully saturated rings. The van der Waals surface area contributed by atoms with Crippen LogP contribution in [0.1, 0.15) is 23.9 Å². The zero-order valence-corrected chi connectivity index (χ0v) is 14.9. The number of hydrogen-bond acceptors (Lipinski definition) is 7. The number of carbonyl (C=O) groups excluding carboxylic acids is 1. The summed E-state index contributed by atoms with van der Waals surface area (Å²) in [7, 11) is 0.